The number of urea groups is 1. The van der Waals surface area contributed by atoms with E-state index in [0.717, 1.165) is 36.8 Å². The lowest BCUT2D eigenvalue weighted by Gasteiger charge is -2.30. The molecule has 24 heavy (non-hydrogen) atoms. The van der Waals surface area contributed by atoms with E-state index in [-0.39, 0.29) is 24.6 Å². The highest BCUT2D eigenvalue weighted by Crippen LogP contribution is 2.23. The van der Waals surface area contributed by atoms with Gasteiger partial charge in [-0.05, 0) is 24.5 Å². The number of amides is 2. The second-order valence-corrected chi connectivity index (χ2v) is 6.20. The van der Waals surface area contributed by atoms with Crippen LogP contribution in [-0.4, -0.2) is 39.0 Å². The van der Waals surface area contributed by atoms with E-state index in [4.69, 9.17) is 0 Å². The summed E-state index contributed by atoms with van der Waals surface area (Å²) < 4.78 is 0. The number of aromatic nitrogens is 3. The molecule has 7 heteroatoms. The number of hydrogen-bond donors (Lipinski definition) is 4. The standard InChI is InChI=1S/C17H23N5O2/c23-10-14-5-1-2-7-15(14)21-17(24)18-9-12-4-3-6-13(8-12)16-19-11-20-22-16/h3-4,6,8,11,14-15,23H,1-2,5,7,9-10H2,(H2,18,21,24)(H,19,20,22). The van der Waals surface area contributed by atoms with Crippen LogP contribution in [0.4, 0.5) is 4.79 Å². The van der Waals surface area contributed by atoms with Crippen LogP contribution in [-0.2, 0) is 6.54 Å². The molecule has 1 aromatic carbocycles. The van der Waals surface area contributed by atoms with Crippen molar-refractivity contribution >= 4 is 6.03 Å². The first-order valence-electron chi connectivity index (χ1n) is 8.36. The third-order valence-electron chi connectivity index (χ3n) is 4.53. The van der Waals surface area contributed by atoms with E-state index < -0.39 is 0 Å². The second-order valence-electron chi connectivity index (χ2n) is 6.20. The van der Waals surface area contributed by atoms with Crippen molar-refractivity contribution in [2.75, 3.05) is 6.61 Å². The van der Waals surface area contributed by atoms with Crippen LogP contribution in [0.2, 0.25) is 0 Å². The van der Waals surface area contributed by atoms with E-state index in [2.05, 4.69) is 25.8 Å². The Balaban J connectivity index is 1.53. The van der Waals surface area contributed by atoms with Gasteiger partial charge in [-0.25, -0.2) is 9.78 Å². The minimum atomic E-state index is -0.189. The zero-order chi connectivity index (χ0) is 16.8. The fraction of sp³-hybridized carbons (Fsp3) is 0.471. The van der Waals surface area contributed by atoms with Gasteiger partial charge in [0.15, 0.2) is 5.82 Å². The Morgan fingerprint density at radius 1 is 1.33 bits per heavy atom. The Hall–Kier alpha value is -2.41. The average molecular weight is 329 g/mol. The summed E-state index contributed by atoms with van der Waals surface area (Å²) in [5.74, 6) is 0.869. The van der Waals surface area contributed by atoms with Crippen molar-refractivity contribution in [3.05, 3.63) is 36.2 Å². The molecule has 2 amide bonds. The van der Waals surface area contributed by atoms with Gasteiger partial charge in [-0.2, -0.15) is 5.10 Å². The summed E-state index contributed by atoms with van der Waals surface area (Å²) in [6.07, 6.45) is 5.59. The van der Waals surface area contributed by atoms with Gasteiger partial charge in [0.25, 0.3) is 0 Å². The van der Waals surface area contributed by atoms with Crippen molar-refractivity contribution in [2.24, 2.45) is 5.92 Å². The minimum Gasteiger partial charge on any atom is -0.396 e. The lowest BCUT2D eigenvalue weighted by atomic mass is 9.85. The molecule has 4 N–H and O–H groups in total. The number of rotatable bonds is 5. The predicted octanol–water partition coefficient (Wildman–Crippen LogP) is 1.82. The summed E-state index contributed by atoms with van der Waals surface area (Å²) in [4.78, 5) is 16.3. The molecule has 1 saturated carbocycles. The number of H-pyrrole nitrogens is 1. The first-order chi connectivity index (χ1) is 11.8. The Morgan fingerprint density at radius 3 is 3.00 bits per heavy atom. The summed E-state index contributed by atoms with van der Waals surface area (Å²) >= 11 is 0. The maximum Gasteiger partial charge on any atom is 0.315 e. The molecule has 0 saturated heterocycles. The van der Waals surface area contributed by atoms with Crippen molar-refractivity contribution in [1.82, 2.24) is 25.8 Å². The average Bonchev–Trinajstić information content (AvgIpc) is 3.15. The molecule has 2 atom stereocenters. The first-order valence-corrected chi connectivity index (χ1v) is 8.36. The van der Waals surface area contributed by atoms with Crippen molar-refractivity contribution < 1.29 is 9.90 Å². The van der Waals surface area contributed by atoms with E-state index in [1.165, 1.54) is 6.33 Å². The van der Waals surface area contributed by atoms with Gasteiger partial charge in [0.05, 0.1) is 0 Å². The molecule has 1 heterocycles. The predicted molar refractivity (Wildman–Crippen MR) is 90.0 cm³/mol. The molecule has 1 aromatic heterocycles. The van der Waals surface area contributed by atoms with Crippen molar-refractivity contribution in [1.29, 1.82) is 0 Å². The number of hydrogen-bond acceptors (Lipinski definition) is 4. The number of carbonyl (C=O) groups is 1. The molecule has 0 aliphatic heterocycles. The SMILES string of the molecule is O=C(NCc1cccc(-c2ncn[nH]2)c1)NC1CCCCC1CO. The summed E-state index contributed by atoms with van der Waals surface area (Å²) in [6.45, 7) is 0.564. The van der Waals surface area contributed by atoms with Crippen molar-refractivity contribution in [2.45, 2.75) is 38.3 Å². The van der Waals surface area contributed by atoms with Gasteiger partial charge in [0.1, 0.15) is 6.33 Å². The molecular weight excluding hydrogens is 306 g/mol. The van der Waals surface area contributed by atoms with Gasteiger partial charge in [0, 0.05) is 30.7 Å². The van der Waals surface area contributed by atoms with Gasteiger partial charge in [-0.15, -0.1) is 0 Å². The van der Waals surface area contributed by atoms with Crippen LogP contribution in [0.3, 0.4) is 0 Å². The topological polar surface area (TPSA) is 103 Å². The first kappa shape index (κ1) is 16.4. The fourth-order valence-corrected chi connectivity index (χ4v) is 3.19. The lowest BCUT2D eigenvalue weighted by molar-refractivity contribution is 0.153. The third kappa shape index (κ3) is 4.11. The Morgan fingerprint density at radius 2 is 2.21 bits per heavy atom. The second kappa shape index (κ2) is 7.92. The van der Waals surface area contributed by atoms with Gasteiger partial charge in [-0.1, -0.05) is 31.0 Å². The summed E-state index contributed by atoms with van der Waals surface area (Å²) in [6, 6.07) is 7.66. The number of nitrogens with zero attached hydrogens (tertiary/aromatic N) is 2. The van der Waals surface area contributed by atoms with Crippen LogP contribution in [0.5, 0.6) is 0 Å². The Bertz CT molecular complexity index is 659. The van der Waals surface area contributed by atoms with Crippen molar-refractivity contribution in [3.8, 4) is 11.4 Å². The largest absolute Gasteiger partial charge is 0.396 e. The Labute approximate surface area is 140 Å². The zero-order valence-electron chi connectivity index (χ0n) is 13.5. The summed E-state index contributed by atoms with van der Waals surface area (Å²) in [7, 11) is 0. The molecule has 2 aromatic rings. The molecule has 1 fully saturated rings. The van der Waals surface area contributed by atoms with E-state index in [0.29, 0.717) is 12.4 Å². The van der Waals surface area contributed by atoms with E-state index >= 15 is 0 Å². The van der Waals surface area contributed by atoms with E-state index in [1.54, 1.807) is 0 Å². The maximum atomic E-state index is 12.1. The van der Waals surface area contributed by atoms with Crippen molar-refractivity contribution in [3.63, 3.8) is 0 Å². The number of aliphatic hydroxyl groups is 1. The molecule has 0 radical (unpaired) electrons. The van der Waals surface area contributed by atoms with Crippen LogP contribution in [0.1, 0.15) is 31.2 Å². The van der Waals surface area contributed by atoms with Crippen LogP contribution in [0.15, 0.2) is 30.6 Å². The molecule has 7 nitrogen and oxygen atoms in total. The molecule has 0 spiro atoms. The molecule has 3 rings (SSSR count). The molecule has 1 aliphatic carbocycles. The van der Waals surface area contributed by atoms with Crippen LogP contribution in [0, 0.1) is 5.92 Å². The Kier molecular flexibility index (Phi) is 5.43. The molecule has 2 unspecified atom stereocenters. The highest BCUT2D eigenvalue weighted by molar-refractivity contribution is 5.74. The summed E-state index contributed by atoms with van der Waals surface area (Å²) in [5, 5.41) is 22.0. The number of nitrogens with one attached hydrogen (secondary N) is 3. The number of aromatic amines is 1. The smallest absolute Gasteiger partial charge is 0.315 e. The number of carbonyl (C=O) groups excluding carboxylic acids is 1. The van der Waals surface area contributed by atoms with Crippen LogP contribution < -0.4 is 10.6 Å². The molecule has 0 bridgehead atoms. The maximum absolute atomic E-state index is 12.1. The highest BCUT2D eigenvalue weighted by Gasteiger charge is 2.25. The van der Waals surface area contributed by atoms with Crippen LogP contribution >= 0.6 is 0 Å². The van der Waals surface area contributed by atoms with E-state index in [9.17, 15) is 9.90 Å². The quantitative estimate of drug-likeness (QED) is 0.672. The molecule has 128 valence electrons. The van der Waals surface area contributed by atoms with Gasteiger partial charge < -0.3 is 15.7 Å². The van der Waals surface area contributed by atoms with Gasteiger partial charge >= 0.3 is 6.03 Å². The minimum absolute atomic E-state index is 0.0595. The monoisotopic (exact) mass is 329 g/mol. The van der Waals surface area contributed by atoms with E-state index in [1.807, 2.05) is 24.3 Å². The third-order valence-corrected chi connectivity index (χ3v) is 4.53. The van der Waals surface area contributed by atoms with Gasteiger partial charge in [-0.3, -0.25) is 5.10 Å². The van der Waals surface area contributed by atoms with Gasteiger partial charge in [0.2, 0.25) is 0 Å². The number of benzene rings is 1. The zero-order valence-corrected chi connectivity index (χ0v) is 13.5. The molecule has 1 aliphatic rings. The number of aliphatic hydroxyl groups excluding tert-OH is 1. The van der Waals surface area contributed by atoms with Crippen LogP contribution in [0.25, 0.3) is 11.4 Å². The summed E-state index contributed by atoms with van der Waals surface area (Å²) in [5.41, 5.74) is 1.92. The normalized spacial score (nSPS) is 20.5. The lowest BCUT2D eigenvalue weighted by Crippen LogP contribution is -2.47. The highest BCUT2D eigenvalue weighted by atomic mass is 16.3. The fourth-order valence-electron chi connectivity index (χ4n) is 3.19. The molecular formula is C17H23N5O2.